The first-order valence-electron chi connectivity index (χ1n) is 5.24. The molecule has 0 aliphatic rings. The molecule has 4 nitrogen and oxygen atoms in total. The molecule has 0 saturated heterocycles. The van der Waals surface area contributed by atoms with Crippen molar-refractivity contribution in [2.75, 3.05) is 4.72 Å². The fourth-order valence-corrected chi connectivity index (χ4v) is 3.86. The summed E-state index contributed by atoms with van der Waals surface area (Å²) in [5, 5.41) is 0. The van der Waals surface area contributed by atoms with Crippen LogP contribution in [0.2, 0.25) is 4.34 Å². The largest absolute Gasteiger partial charge is 0.272 e. The lowest BCUT2D eigenvalue weighted by Gasteiger charge is -2.06. The standard InChI is InChI=1S/C11H11ClN2O2S2/c1-2-8-5-6-13-10(7-8)14-18(15,16)11-4-3-9(12)17-11/h3-7H,2H2,1H3,(H,13,14). The maximum absolute atomic E-state index is 12.0. The Hall–Kier alpha value is -1.11. The topological polar surface area (TPSA) is 59.1 Å². The number of nitrogens with one attached hydrogen (secondary N) is 1. The maximum atomic E-state index is 12.0. The number of thiophene rings is 1. The fourth-order valence-electron chi connectivity index (χ4n) is 1.38. The third-order valence-electron chi connectivity index (χ3n) is 2.28. The molecule has 0 unspecified atom stereocenters. The predicted molar refractivity (Wildman–Crippen MR) is 73.8 cm³/mol. The van der Waals surface area contributed by atoms with E-state index in [4.69, 9.17) is 11.6 Å². The molecule has 0 atom stereocenters. The number of hydrogen-bond acceptors (Lipinski definition) is 4. The van der Waals surface area contributed by atoms with Crippen molar-refractivity contribution in [3.8, 4) is 0 Å². The lowest BCUT2D eigenvalue weighted by atomic mass is 10.2. The van der Waals surface area contributed by atoms with Crippen LogP contribution in [0.25, 0.3) is 0 Å². The van der Waals surface area contributed by atoms with Crippen molar-refractivity contribution in [1.82, 2.24) is 4.98 Å². The molecule has 1 N–H and O–H groups in total. The molecule has 2 heterocycles. The summed E-state index contributed by atoms with van der Waals surface area (Å²) in [7, 11) is -3.60. The number of aromatic nitrogens is 1. The van der Waals surface area contributed by atoms with Gasteiger partial charge in [0.2, 0.25) is 0 Å². The van der Waals surface area contributed by atoms with Gasteiger partial charge in [-0.2, -0.15) is 0 Å². The van der Waals surface area contributed by atoms with Gasteiger partial charge in [-0.1, -0.05) is 18.5 Å². The van der Waals surface area contributed by atoms with E-state index in [0.29, 0.717) is 10.2 Å². The normalized spacial score (nSPS) is 11.4. The van der Waals surface area contributed by atoms with Gasteiger partial charge in [-0.05, 0) is 36.2 Å². The molecule has 0 bridgehead atoms. The summed E-state index contributed by atoms with van der Waals surface area (Å²) >= 11 is 6.74. The number of aryl methyl sites for hydroxylation is 1. The molecule has 0 saturated carbocycles. The zero-order valence-electron chi connectivity index (χ0n) is 9.55. The van der Waals surface area contributed by atoms with Gasteiger partial charge in [-0.25, -0.2) is 13.4 Å². The Labute approximate surface area is 115 Å². The summed E-state index contributed by atoms with van der Waals surface area (Å²) < 4.78 is 27.1. The van der Waals surface area contributed by atoms with E-state index in [1.807, 2.05) is 13.0 Å². The molecule has 0 fully saturated rings. The number of anilines is 1. The summed E-state index contributed by atoms with van der Waals surface area (Å²) in [4.78, 5) is 3.99. The van der Waals surface area contributed by atoms with Gasteiger partial charge in [0.15, 0.2) is 0 Å². The van der Waals surface area contributed by atoms with E-state index >= 15 is 0 Å². The van der Waals surface area contributed by atoms with Crippen LogP contribution in [0, 0.1) is 0 Å². The zero-order valence-corrected chi connectivity index (χ0v) is 11.9. The van der Waals surface area contributed by atoms with Crippen molar-refractivity contribution in [1.29, 1.82) is 0 Å². The molecule has 0 aliphatic carbocycles. The van der Waals surface area contributed by atoms with Crippen molar-refractivity contribution >= 4 is 38.8 Å². The average Bonchev–Trinajstić information content (AvgIpc) is 2.76. The second-order valence-corrected chi connectivity index (χ2v) is 7.19. The zero-order chi connectivity index (χ0) is 13.2. The first-order valence-corrected chi connectivity index (χ1v) is 7.92. The van der Waals surface area contributed by atoms with E-state index in [-0.39, 0.29) is 4.21 Å². The van der Waals surface area contributed by atoms with Crippen LogP contribution in [-0.2, 0) is 16.4 Å². The molecule has 2 rings (SSSR count). The highest BCUT2D eigenvalue weighted by atomic mass is 35.5. The van der Waals surface area contributed by atoms with Gasteiger partial charge < -0.3 is 0 Å². The highest BCUT2D eigenvalue weighted by molar-refractivity contribution is 7.94. The van der Waals surface area contributed by atoms with Gasteiger partial charge in [0, 0.05) is 6.20 Å². The first-order chi connectivity index (χ1) is 8.51. The van der Waals surface area contributed by atoms with Crippen LogP contribution in [0.4, 0.5) is 5.82 Å². The van der Waals surface area contributed by atoms with Gasteiger partial charge >= 0.3 is 0 Å². The van der Waals surface area contributed by atoms with Crippen LogP contribution < -0.4 is 4.72 Å². The molecule has 7 heteroatoms. The van der Waals surface area contributed by atoms with E-state index < -0.39 is 10.0 Å². The van der Waals surface area contributed by atoms with Gasteiger partial charge in [-0.3, -0.25) is 4.72 Å². The number of pyridine rings is 1. The predicted octanol–water partition coefficient (Wildman–Crippen LogP) is 3.16. The molecule has 2 aromatic rings. The lowest BCUT2D eigenvalue weighted by Crippen LogP contribution is -2.12. The minimum absolute atomic E-state index is 0.177. The van der Waals surface area contributed by atoms with E-state index in [1.165, 1.54) is 6.07 Å². The Morgan fingerprint density at radius 2 is 2.17 bits per heavy atom. The third-order valence-corrected chi connectivity index (χ3v) is 5.36. The van der Waals surface area contributed by atoms with E-state index in [2.05, 4.69) is 9.71 Å². The molecular formula is C11H11ClN2O2S2. The molecule has 0 radical (unpaired) electrons. The summed E-state index contributed by atoms with van der Waals surface area (Å²) in [6, 6.07) is 6.59. The number of nitrogens with zero attached hydrogens (tertiary/aromatic N) is 1. The van der Waals surface area contributed by atoms with Crippen LogP contribution in [0.1, 0.15) is 12.5 Å². The molecular weight excluding hydrogens is 292 g/mol. The third kappa shape index (κ3) is 3.01. The van der Waals surface area contributed by atoms with Gasteiger partial charge in [-0.15, -0.1) is 11.3 Å². The quantitative estimate of drug-likeness (QED) is 0.944. The highest BCUT2D eigenvalue weighted by Crippen LogP contribution is 2.26. The van der Waals surface area contributed by atoms with Crippen LogP contribution in [0.5, 0.6) is 0 Å². The second-order valence-electron chi connectivity index (χ2n) is 3.57. The van der Waals surface area contributed by atoms with Crippen molar-refractivity contribution in [2.45, 2.75) is 17.6 Å². The summed E-state index contributed by atoms with van der Waals surface area (Å²) in [6.07, 6.45) is 2.40. The number of rotatable bonds is 4. The average molecular weight is 303 g/mol. The molecule has 0 aliphatic heterocycles. The molecule has 18 heavy (non-hydrogen) atoms. The number of halogens is 1. The van der Waals surface area contributed by atoms with E-state index in [1.54, 1.807) is 18.3 Å². The number of sulfonamides is 1. The lowest BCUT2D eigenvalue weighted by molar-refractivity contribution is 0.603. The SMILES string of the molecule is CCc1ccnc(NS(=O)(=O)c2ccc(Cl)s2)c1. The minimum Gasteiger partial charge on any atom is -0.263 e. The monoisotopic (exact) mass is 302 g/mol. The Balaban J connectivity index is 2.27. The highest BCUT2D eigenvalue weighted by Gasteiger charge is 2.17. The molecule has 2 aromatic heterocycles. The maximum Gasteiger partial charge on any atom is 0.272 e. The first kappa shape index (κ1) is 13.3. The van der Waals surface area contributed by atoms with E-state index in [9.17, 15) is 8.42 Å². The molecule has 96 valence electrons. The smallest absolute Gasteiger partial charge is 0.263 e. The summed E-state index contributed by atoms with van der Waals surface area (Å²) in [5.41, 5.74) is 1.02. The van der Waals surface area contributed by atoms with E-state index in [0.717, 1.165) is 23.3 Å². The van der Waals surface area contributed by atoms with Crippen LogP contribution in [-0.4, -0.2) is 13.4 Å². The number of hydrogen-bond donors (Lipinski definition) is 1. The Morgan fingerprint density at radius 1 is 1.39 bits per heavy atom. The molecule has 0 aromatic carbocycles. The Kier molecular flexibility index (Phi) is 3.89. The van der Waals surface area contributed by atoms with Crippen molar-refractivity contribution < 1.29 is 8.42 Å². The van der Waals surface area contributed by atoms with Crippen LogP contribution in [0.3, 0.4) is 0 Å². The fraction of sp³-hybridized carbons (Fsp3) is 0.182. The van der Waals surface area contributed by atoms with Crippen LogP contribution >= 0.6 is 22.9 Å². The van der Waals surface area contributed by atoms with Crippen molar-refractivity contribution in [2.24, 2.45) is 0 Å². The summed E-state index contributed by atoms with van der Waals surface area (Å²) in [5.74, 6) is 0.318. The van der Waals surface area contributed by atoms with Crippen LogP contribution in [0.15, 0.2) is 34.7 Å². The minimum atomic E-state index is -3.60. The van der Waals surface area contributed by atoms with Gasteiger partial charge in [0.1, 0.15) is 10.0 Å². The van der Waals surface area contributed by atoms with Crippen molar-refractivity contribution in [3.05, 3.63) is 40.4 Å². The van der Waals surface area contributed by atoms with Gasteiger partial charge in [0.05, 0.1) is 4.34 Å². The Morgan fingerprint density at radius 3 is 2.78 bits per heavy atom. The Bertz CT molecular complexity index is 653. The second kappa shape index (κ2) is 5.26. The molecule has 0 spiro atoms. The van der Waals surface area contributed by atoms with Gasteiger partial charge in [0.25, 0.3) is 10.0 Å². The van der Waals surface area contributed by atoms with Crippen molar-refractivity contribution in [3.63, 3.8) is 0 Å². The summed E-state index contributed by atoms with van der Waals surface area (Å²) in [6.45, 7) is 1.99. The molecule has 0 amide bonds.